The Bertz CT molecular complexity index is 919. The van der Waals surface area contributed by atoms with Crippen LogP contribution in [-0.2, 0) is 0 Å². The van der Waals surface area contributed by atoms with Crippen LogP contribution in [0.15, 0.2) is 60.0 Å². The maximum absolute atomic E-state index is 12.5. The second-order valence-electron chi connectivity index (χ2n) is 5.62. The van der Waals surface area contributed by atoms with Gasteiger partial charge in [0, 0.05) is 11.4 Å². The van der Waals surface area contributed by atoms with Gasteiger partial charge in [0.2, 0.25) is 0 Å². The van der Waals surface area contributed by atoms with E-state index >= 15 is 0 Å². The molecular weight excluding hydrogens is 348 g/mol. The van der Waals surface area contributed by atoms with Crippen LogP contribution in [0.25, 0.3) is 0 Å². The van der Waals surface area contributed by atoms with Crippen LogP contribution in [0.3, 0.4) is 0 Å². The first-order chi connectivity index (χ1) is 12.6. The molecule has 0 saturated heterocycles. The molecule has 0 aliphatic carbocycles. The molecule has 0 aliphatic heterocycles. The largest absolute Gasteiger partial charge is 0.496 e. The highest BCUT2D eigenvalue weighted by Gasteiger charge is 2.14. The fourth-order valence-corrected chi connectivity index (χ4v) is 3.16. The lowest BCUT2D eigenvalue weighted by Gasteiger charge is -2.12. The second kappa shape index (κ2) is 7.84. The Morgan fingerprint density at radius 3 is 2.12 bits per heavy atom. The first-order valence-electron chi connectivity index (χ1n) is 7.98. The number of rotatable bonds is 5. The molecule has 0 atom stereocenters. The zero-order valence-electron chi connectivity index (χ0n) is 14.4. The van der Waals surface area contributed by atoms with Crippen LogP contribution in [0, 0.1) is 6.92 Å². The third kappa shape index (κ3) is 3.92. The van der Waals surface area contributed by atoms with Gasteiger partial charge in [-0.25, -0.2) is 0 Å². The van der Waals surface area contributed by atoms with Crippen molar-refractivity contribution >= 4 is 34.5 Å². The summed E-state index contributed by atoms with van der Waals surface area (Å²) >= 11 is 1.38. The van der Waals surface area contributed by atoms with Gasteiger partial charge in [-0.05, 0) is 54.3 Å². The van der Waals surface area contributed by atoms with Crippen LogP contribution < -0.4 is 15.4 Å². The van der Waals surface area contributed by atoms with Gasteiger partial charge in [-0.2, -0.15) is 0 Å². The third-order valence-electron chi connectivity index (χ3n) is 3.81. The molecule has 2 aromatic carbocycles. The molecule has 1 heterocycles. The molecule has 2 N–H and O–H groups in total. The molecule has 6 heteroatoms. The fourth-order valence-electron chi connectivity index (χ4n) is 2.54. The maximum Gasteiger partial charge on any atom is 0.265 e. The molecule has 2 amide bonds. The molecule has 0 radical (unpaired) electrons. The Balaban J connectivity index is 1.69. The van der Waals surface area contributed by atoms with E-state index in [1.54, 1.807) is 43.5 Å². The number of benzene rings is 2. The Labute approximate surface area is 155 Å². The first-order valence-corrected chi connectivity index (χ1v) is 8.86. The number of hydrogen-bond donors (Lipinski definition) is 2. The molecule has 26 heavy (non-hydrogen) atoms. The summed E-state index contributed by atoms with van der Waals surface area (Å²) in [5.41, 5.74) is 2.66. The monoisotopic (exact) mass is 366 g/mol. The van der Waals surface area contributed by atoms with Gasteiger partial charge in [0.25, 0.3) is 11.8 Å². The molecule has 0 saturated carbocycles. The number of nitrogens with one attached hydrogen (secondary N) is 2. The minimum atomic E-state index is -0.249. The number of carbonyl (C=O) groups is 2. The fraction of sp³-hybridized carbons (Fsp3) is 0.100. The Morgan fingerprint density at radius 1 is 0.885 bits per heavy atom. The van der Waals surface area contributed by atoms with Crippen LogP contribution >= 0.6 is 11.3 Å². The number of hydrogen-bond acceptors (Lipinski definition) is 4. The van der Waals surface area contributed by atoms with Crippen molar-refractivity contribution in [3.05, 3.63) is 76.0 Å². The lowest BCUT2D eigenvalue weighted by Crippen LogP contribution is -2.14. The van der Waals surface area contributed by atoms with Gasteiger partial charge in [-0.3, -0.25) is 9.59 Å². The summed E-state index contributed by atoms with van der Waals surface area (Å²) in [6.45, 7) is 1.89. The molecule has 3 rings (SSSR count). The molecular formula is C20H18N2O3S. The lowest BCUT2D eigenvalue weighted by molar-refractivity contribution is 0.101. The average Bonchev–Trinajstić information content (AvgIpc) is 3.18. The molecule has 5 nitrogen and oxygen atoms in total. The van der Waals surface area contributed by atoms with E-state index in [-0.39, 0.29) is 11.8 Å². The van der Waals surface area contributed by atoms with Crippen LogP contribution in [0.2, 0.25) is 0 Å². The molecule has 132 valence electrons. The SMILES string of the molecule is COc1c(C)cccc1C(=O)Nc1ccc(NC(=O)c2cccs2)cc1. The van der Waals surface area contributed by atoms with E-state index in [4.69, 9.17) is 4.74 Å². The molecule has 0 unspecified atom stereocenters. The lowest BCUT2D eigenvalue weighted by atomic mass is 10.1. The molecule has 0 spiro atoms. The van der Waals surface area contributed by atoms with Crippen molar-refractivity contribution in [2.24, 2.45) is 0 Å². The number of anilines is 2. The smallest absolute Gasteiger partial charge is 0.265 e. The Hall–Kier alpha value is -3.12. The number of thiophene rings is 1. The standard InChI is InChI=1S/C20H18N2O3S/c1-13-5-3-6-16(18(13)25-2)19(23)21-14-8-10-15(11-9-14)22-20(24)17-7-4-12-26-17/h3-12H,1-2H3,(H,21,23)(H,22,24). The Morgan fingerprint density at radius 2 is 1.54 bits per heavy atom. The predicted octanol–water partition coefficient (Wildman–Crippen LogP) is 4.57. The third-order valence-corrected chi connectivity index (χ3v) is 4.67. The van der Waals surface area contributed by atoms with E-state index < -0.39 is 0 Å². The summed E-state index contributed by atoms with van der Waals surface area (Å²) in [6, 6.07) is 16.0. The topological polar surface area (TPSA) is 67.4 Å². The summed E-state index contributed by atoms with van der Waals surface area (Å²) in [6.07, 6.45) is 0. The predicted molar refractivity (Wildman–Crippen MR) is 104 cm³/mol. The van der Waals surface area contributed by atoms with E-state index in [0.717, 1.165) is 5.56 Å². The average molecular weight is 366 g/mol. The van der Waals surface area contributed by atoms with E-state index in [1.807, 2.05) is 30.5 Å². The summed E-state index contributed by atoms with van der Waals surface area (Å²) in [4.78, 5) is 25.2. The van der Waals surface area contributed by atoms with E-state index in [0.29, 0.717) is 27.6 Å². The van der Waals surface area contributed by atoms with E-state index in [2.05, 4.69) is 10.6 Å². The number of para-hydroxylation sites is 1. The van der Waals surface area contributed by atoms with Crippen molar-refractivity contribution in [3.63, 3.8) is 0 Å². The minimum Gasteiger partial charge on any atom is -0.496 e. The summed E-state index contributed by atoms with van der Waals surface area (Å²) < 4.78 is 5.33. The second-order valence-corrected chi connectivity index (χ2v) is 6.57. The van der Waals surface area contributed by atoms with Crippen molar-refractivity contribution in [1.82, 2.24) is 0 Å². The highest BCUT2D eigenvalue weighted by Crippen LogP contribution is 2.24. The zero-order valence-corrected chi connectivity index (χ0v) is 15.2. The molecule has 3 aromatic rings. The van der Waals surface area contributed by atoms with E-state index in [1.165, 1.54) is 11.3 Å². The highest BCUT2D eigenvalue weighted by molar-refractivity contribution is 7.12. The van der Waals surface area contributed by atoms with Crippen LogP contribution in [0.5, 0.6) is 5.75 Å². The summed E-state index contributed by atoms with van der Waals surface area (Å²) in [7, 11) is 1.55. The highest BCUT2D eigenvalue weighted by atomic mass is 32.1. The molecule has 1 aromatic heterocycles. The van der Waals surface area contributed by atoms with Gasteiger partial charge >= 0.3 is 0 Å². The maximum atomic E-state index is 12.5. The minimum absolute atomic E-state index is 0.152. The van der Waals surface area contributed by atoms with Crippen LogP contribution in [0.4, 0.5) is 11.4 Å². The zero-order chi connectivity index (χ0) is 18.5. The quantitative estimate of drug-likeness (QED) is 0.695. The molecule has 0 aliphatic rings. The molecule has 0 bridgehead atoms. The first kappa shape index (κ1) is 17.7. The van der Waals surface area contributed by atoms with Gasteiger partial charge in [-0.15, -0.1) is 11.3 Å². The van der Waals surface area contributed by atoms with Gasteiger partial charge in [0.15, 0.2) is 0 Å². The number of carbonyl (C=O) groups excluding carboxylic acids is 2. The van der Waals surface area contributed by atoms with E-state index in [9.17, 15) is 9.59 Å². The van der Waals surface area contributed by atoms with Crippen LogP contribution in [0.1, 0.15) is 25.6 Å². The van der Waals surface area contributed by atoms with Crippen LogP contribution in [-0.4, -0.2) is 18.9 Å². The number of aryl methyl sites for hydroxylation is 1. The number of methoxy groups -OCH3 is 1. The summed E-state index contributed by atoms with van der Waals surface area (Å²) in [5, 5.41) is 7.51. The number of ether oxygens (including phenoxy) is 1. The van der Waals surface area contributed by atoms with Crippen molar-refractivity contribution in [3.8, 4) is 5.75 Å². The Kier molecular flexibility index (Phi) is 5.34. The van der Waals surface area contributed by atoms with Gasteiger partial charge < -0.3 is 15.4 Å². The van der Waals surface area contributed by atoms with Crippen molar-refractivity contribution in [2.75, 3.05) is 17.7 Å². The van der Waals surface area contributed by atoms with Gasteiger partial charge in [0.05, 0.1) is 17.6 Å². The van der Waals surface area contributed by atoms with Crippen molar-refractivity contribution in [1.29, 1.82) is 0 Å². The van der Waals surface area contributed by atoms with Gasteiger partial charge in [0.1, 0.15) is 5.75 Å². The van der Waals surface area contributed by atoms with Crippen molar-refractivity contribution in [2.45, 2.75) is 6.92 Å². The van der Waals surface area contributed by atoms with Crippen molar-refractivity contribution < 1.29 is 14.3 Å². The summed E-state index contributed by atoms with van der Waals surface area (Å²) in [5.74, 6) is 0.159. The molecule has 0 fully saturated rings. The van der Waals surface area contributed by atoms with Gasteiger partial charge in [-0.1, -0.05) is 18.2 Å². The normalized spacial score (nSPS) is 10.2. The number of amides is 2.